The predicted octanol–water partition coefficient (Wildman–Crippen LogP) is 11.6. The molecule has 0 N–H and O–H groups in total. The maximum absolute atomic E-state index is 5.48. The monoisotopic (exact) mass is 667 g/mol. The second kappa shape index (κ2) is 12.2. The van der Waals surface area contributed by atoms with Gasteiger partial charge in [0, 0.05) is 51.2 Å². The van der Waals surface area contributed by atoms with Gasteiger partial charge in [0.25, 0.3) is 0 Å². The maximum Gasteiger partial charge on any atom is 0.146 e. The number of hydrogen-bond acceptors (Lipinski definition) is 3. The van der Waals surface area contributed by atoms with Gasteiger partial charge < -0.3 is 0 Å². The van der Waals surface area contributed by atoms with E-state index in [2.05, 4.69) is 174 Å². The van der Waals surface area contributed by atoms with E-state index >= 15 is 0 Å². The number of fused-ring (bicyclic) bond motifs is 6. The number of pyridine rings is 2. The molecule has 52 heavy (non-hydrogen) atoms. The lowest BCUT2D eigenvalue weighted by Crippen LogP contribution is -1.99. The Morgan fingerprint density at radius 1 is 0.481 bits per heavy atom. The van der Waals surface area contributed by atoms with E-state index in [0.29, 0.717) is 0 Å². The van der Waals surface area contributed by atoms with Gasteiger partial charge in [0.05, 0.1) is 33.6 Å². The maximum atomic E-state index is 5.48. The molecule has 6 aromatic carbocycles. The van der Waals surface area contributed by atoms with Crippen molar-refractivity contribution in [1.82, 2.24) is 23.9 Å². The first kappa shape index (κ1) is 30.0. The van der Waals surface area contributed by atoms with Crippen LogP contribution < -0.4 is 0 Å². The van der Waals surface area contributed by atoms with E-state index in [9.17, 15) is 0 Å². The first-order valence-electron chi connectivity index (χ1n) is 17.8. The highest BCUT2D eigenvalue weighted by molar-refractivity contribution is 6.17. The van der Waals surface area contributed by atoms with Crippen molar-refractivity contribution >= 4 is 38.4 Å². The van der Waals surface area contributed by atoms with Crippen molar-refractivity contribution in [1.29, 1.82) is 0 Å². The molecule has 0 aliphatic carbocycles. The number of nitrogens with zero attached hydrogens (tertiary/aromatic N) is 5. The highest BCUT2D eigenvalue weighted by Gasteiger charge is 2.21. The smallest absolute Gasteiger partial charge is 0.146 e. The number of imidazole rings is 2. The van der Waals surface area contributed by atoms with Crippen LogP contribution in [0.2, 0.25) is 0 Å². The molecule has 0 radical (unpaired) electrons. The van der Waals surface area contributed by atoms with Crippen LogP contribution in [0.1, 0.15) is 12.7 Å². The van der Waals surface area contributed by atoms with E-state index in [4.69, 9.17) is 15.0 Å². The van der Waals surface area contributed by atoms with E-state index in [1.807, 2.05) is 12.1 Å². The second-order valence-corrected chi connectivity index (χ2v) is 13.2. The summed E-state index contributed by atoms with van der Waals surface area (Å²) in [5.41, 5.74) is 13.6. The first-order valence-corrected chi connectivity index (χ1v) is 17.8. The summed E-state index contributed by atoms with van der Waals surface area (Å²) < 4.78 is 4.54. The Morgan fingerprint density at radius 3 is 1.90 bits per heavy atom. The molecule has 0 unspecified atom stereocenters. The minimum atomic E-state index is 0.858. The van der Waals surface area contributed by atoms with Gasteiger partial charge in [-0.25, -0.2) is 15.0 Å². The Bertz CT molecular complexity index is 2920. The molecule has 0 bridgehead atoms. The molecule has 10 aromatic rings. The molecule has 0 saturated carbocycles. The third kappa shape index (κ3) is 4.82. The Hall–Kier alpha value is -6.85. The fourth-order valence-corrected chi connectivity index (χ4v) is 7.67. The lowest BCUT2D eigenvalue weighted by atomic mass is 9.99. The van der Waals surface area contributed by atoms with Gasteiger partial charge >= 0.3 is 0 Å². The molecule has 246 valence electrons. The van der Waals surface area contributed by atoms with Crippen molar-refractivity contribution < 1.29 is 0 Å². The molecule has 5 nitrogen and oxygen atoms in total. The quantitative estimate of drug-likeness (QED) is 0.166. The highest BCUT2D eigenvalue weighted by Crippen LogP contribution is 2.40. The van der Waals surface area contributed by atoms with E-state index < -0.39 is 0 Å². The summed E-state index contributed by atoms with van der Waals surface area (Å²) in [6.07, 6.45) is 3.02. The summed E-state index contributed by atoms with van der Waals surface area (Å²) in [4.78, 5) is 15.6. The molecule has 0 aliphatic heterocycles. The van der Waals surface area contributed by atoms with Crippen molar-refractivity contribution in [3.63, 3.8) is 0 Å². The van der Waals surface area contributed by atoms with Crippen molar-refractivity contribution in [3.05, 3.63) is 176 Å². The topological polar surface area (TPSA) is 48.0 Å². The van der Waals surface area contributed by atoms with Crippen LogP contribution in [0.15, 0.2) is 170 Å². The average Bonchev–Trinajstić information content (AvgIpc) is 3.80. The average molecular weight is 668 g/mol. The summed E-state index contributed by atoms with van der Waals surface area (Å²) >= 11 is 0. The van der Waals surface area contributed by atoms with Crippen LogP contribution in [0.4, 0.5) is 0 Å². The highest BCUT2D eigenvalue weighted by atomic mass is 15.1. The molecule has 0 amide bonds. The van der Waals surface area contributed by atoms with E-state index in [-0.39, 0.29) is 0 Å². The second-order valence-electron chi connectivity index (χ2n) is 13.2. The molecule has 5 heteroatoms. The number of aromatic nitrogens is 5. The number of benzene rings is 6. The Morgan fingerprint density at radius 2 is 1.13 bits per heavy atom. The molecule has 0 atom stereocenters. The van der Waals surface area contributed by atoms with Crippen molar-refractivity contribution in [2.75, 3.05) is 0 Å². The SMILES string of the molecule is CCc1nc2ccccc2n1-c1ccc(-c2cccc(-c3c(-c4ccccc4)nc4c5c(ccn34)c(-c3ccccc3)nc3ccccc35)c2)cc1. The predicted molar refractivity (Wildman–Crippen MR) is 214 cm³/mol. The molecule has 4 aromatic heterocycles. The largest absolute Gasteiger partial charge is 0.298 e. The van der Waals surface area contributed by atoms with Crippen LogP contribution in [0, 0.1) is 0 Å². The van der Waals surface area contributed by atoms with Crippen molar-refractivity contribution in [3.8, 4) is 50.6 Å². The van der Waals surface area contributed by atoms with Gasteiger partial charge in [-0.05, 0) is 53.6 Å². The summed E-state index contributed by atoms with van der Waals surface area (Å²) in [5.74, 6) is 1.06. The van der Waals surface area contributed by atoms with Gasteiger partial charge in [0.2, 0.25) is 0 Å². The zero-order valence-corrected chi connectivity index (χ0v) is 28.6. The minimum Gasteiger partial charge on any atom is -0.298 e. The van der Waals surface area contributed by atoms with E-state index in [1.165, 1.54) is 0 Å². The number of para-hydroxylation sites is 3. The standard InChI is InChI=1S/C47H33N5/c1-2-42-48-40-22-11-12-23-41(40)52(42)36-26-24-31(25-27-36)34-18-13-19-35(30-34)46-45(33-16-7-4-8-17-33)50-47-43-37-20-9-10-21-39(37)49-44(32-14-5-3-6-15-32)38(43)28-29-51(46)47/h3-30H,2H2,1H3. The van der Waals surface area contributed by atoms with Crippen molar-refractivity contribution in [2.24, 2.45) is 0 Å². The summed E-state index contributed by atoms with van der Waals surface area (Å²) in [6, 6.07) is 57.6. The molecular weight excluding hydrogens is 635 g/mol. The van der Waals surface area contributed by atoms with E-state index in [0.717, 1.165) is 101 Å². The fourth-order valence-electron chi connectivity index (χ4n) is 7.67. The summed E-state index contributed by atoms with van der Waals surface area (Å²) in [5, 5.41) is 3.27. The molecule has 0 spiro atoms. The molecule has 0 fully saturated rings. The van der Waals surface area contributed by atoms with E-state index in [1.54, 1.807) is 0 Å². The Balaban J connectivity index is 1.17. The molecule has 0 aliphatic rings. The van der Waals surface area contributed by atoms with Gasteiger partial charge in [0.15, 0.2) is 0 Å². The lowest BCUT2D eigenvalue weighted by molar-refractivity contribution is 0.908. The molecular formula is C47H33N5. The Labute approximate surface area is 301 Å². The third-order valence-electron chi connectivity index (χ3n) is 10.1. The number of hydrogen-bond donors (Lipinski definition) is 0. The van der Waals surface area contributed by atoms with Crippen LogP contribution in [0.5, 0.6) is 0 Å². The summed E-state index contributed by atoms with van der Waals surface area (Å²) in [6.45, 7) is 2.16. The summed E-state index contributed by atoms with van der Waals surface area (Å²) in [7, 11) is 0. The van der Waals surface area contributed by atoms with Crippen LogP contribution >= 0.6 is 0 Å². The number of aryl methyl sites for hydroxylation is 1. The first-order chi connectivity index (χ1) is 25.7. The van der Waals surface area contributed by atoms with Gasteiger partial charge in [-0.3, -0.25) is 8.97 Å². The van der Waals surface area contributed by atoms with Gasteiger partial charge in [0.1, 0.15) is 11.5 Å². The fraction of sp³-hybridized carbons (Fsp3) is 0.0426. The van der Waals surface area contributed by atoms with Gasteiger partial charge in [-0.15, -0.1) is 0 Å². The normalized spacial score (nSPS) is 11.6. The molecule has 0 saturated heterocycles. The van der Waals surface area contributed by atoms with Gasteiger partial charge in [-0.1, -0.05) is 128 Å². The minimum absolute atomic E-state index is 0.858. The Kier molecular flexibility index (Phi) is 7.03. The number of rotatable bonds is 6. The molecule has 4 heterocycles. The van der Waals surface area contributed by atoms with Crippen LogP contribution in [0.3, 0.4) is 0 Å². The zero-order chi connectivity index (χ0) is 34.6. The van der Waals surface area contributed by atoms with Crippen LogP contribution in [0.25, 0.3) is 88.9 Å². The van der Waals surface area contributed by atoms with Gasteiger partial charge in [-0.2, -0.15) is 0 Å². The lowest BCUT2D eigenvalue weighted by Gasteiger charge is -2.13. The molecule has 10 rings (SSSR count). The van der Waals surface area contributed by atoms with Crippen molar-refractivity contribution in [2.45, 2.75) is 13.3 Å². The van der Waals surface area contributed by atoms with Crippen LogP contribution in [-0.2, 0) is 6.42 Å². The third-order valence-corrected chi connectivity index (χ3v) is 10.1. The zero-order valence-electron chi connectivity index (χ0n) is 28.6. The van der Waals surface area contributed by atoms with Crippen LogP contribution in [-0.4, -0.2) is 23.9 Å².